The molecule has 1 aromatic rings. The van der Waals surface area contributed by atoms with Crippen LogP contribution in [0.25, 0.3) is 0 Å². The number of carbonyl (C=O) groups is 1. The van der Waals surface area contributed by atoms with Gasteiger partial charge in [0.05, 0.1) is 6.04 Å². The second-order valence-corrected chi connectivity index (χ2v) is 3.90. The maximum absolute atomic E-state index is 11.6. The lowest BCUT2D eigenvalue weighted by Gasteiger charge is -2.10. The first-order valence-electron chi connectivity index (χ1n) is 5.06. The van der Waals surface area contributed by atoms with Crippen LogP contribution in [0, 0.1) is 0 Å². The van der Waals surface area contributed by atoms with E-state index in [4.69, 9.17) is 5.73 Å². The molecule has 80 valence electrons. The number of Topliss-reactive ketones (excluding diaryl/α,β-unsaturated/α-hetero) is 1. The molecule has 0 aromatic heterocycles. The minimum Gasteiger partial charge on any atom is -0.321 e. The minimum absolute atomic E-state index is 0.0614. The summed E-state index contributed by atoms with van der Waals surface area (Å²) in [4.78, 5) is 11.6. The van der Waals surface area contributed by atoms with E-state index in [1.165, 1.54) is 0 Å². The molecule has 0 spiro atoms. The highest BCUT2D eigenvalue weighted by molar-refractivity contribution is 5.85. The SMILES string of the molecule is C=C(C)CC(=O)C(N)Cc1ccccc1. The number of nitrogens with two attached hydrogens (primary N) is 1. The number of carbonyl (C=O) groups excluding carboxylic acids is 1. The van der Waals surface area contributed by atoms with Gasteiger partial charge in [-0.2, -0.15) is 0 Å². The third kappa shape index (κ3) is 4.09. The lowest BCUT2D eigenvalue weighted by Crippen LogP contribution is -2.32. The van der Waals surface area contributed by atoms with Crippen LogP contribution < -0.4 is 5.73 Å². The van der Waals surface area contributed by atoms with Crippen molar-refractivity contribution in [2.45, 2.75) is 25.8 Å². The van der Waals surface area contributed by atoms with Crippen LogP contribution in [-0.2, 0) is 11.2 Å². The van der Waals surface area contributed by atoms with Crippen molar-refractivity contribution in [2.24, 2.45) is 5.73 Å². The van der Waals surface area contributed by atoms with Crippen LogP contribution in [0.2, 0.25) is 0 Å². The Balaban J connectivity index is 2.52. The van der Waals surface area contributed by atoms with Gasteiger partial charge in [0, 0.05) is 6.42 Å². The summed E-state index contributed by atoms with van der Waals surface area (Å²) < 4.78 is 0. The zero-order valence-corrected chi connectivity index (χ0v) is 9.07. The van der Waals surface area contributed by atoms with E-state index >= 15 is 0 Å². The molecule has 0 saturated carbocycles. The van der Waals surface area contributed by atoms with Gasteiger partial charge in [-0.1, -0.05) is 42.5 Å². The van der Waals surface area contributed by atoms with Gasteiger partial charge >= 0.3 is 0 Å². The highest BCUT2D eigenvalue weighted by Crippen LogP contribution is 2.06. The molecule has 1 unspecified atom stereocenters. The van der Waals surface area contributed by atoms with E-state index in [9.17, 15) is 4.79 Å². The van der Waals surface area contributed by atoms with Crippen molar-refractivity contribution < 1.29 is 4.79 Å². The number of hydrogen-bond acceptors (Lipinski definition) is 2. The third-order valence-electron chi connectivity index (χ3n) is 2.19. The van der Waals surface area contributed by atoms with E-state index in [-0.39, 0.29) is 5.78 Å². The van der Waals surface area contributed by atoms with Crippen LogP contribution in [0.15, 0.2) is 42.5 Å². The van der Waals surface area contributed by atoms with Gasteiger partial charge < -0.3 is 5.73 Å². The summed E-state index contributed by atoms with van der Waals surface area (Å²) in [6.45, 7) is 5.55. The van der Waals surface area contributed by atoms with E-state index < -0.39 is 6.04 Å². The van der Waals surface area contributed by atoms with Crippen molar-refractivity contribution in [1.82, 2.24) is 0 Å². The summed E-state index contributed by atoms with van der Waals surface area (Å²) in [5, 5.41) is 0. The summed E-state index contributed by atoms with van der Waals surface area (Å²) in [6, 6.07) is 9.40. The van der Waals surface area contributed by atoms with E-state index in [0.29, 0.717) is 12.8 Å². The van der Waals surface area contributed by atoms with Gasteiger partial charge in [0.2, 0.25) is 0 Å². The number of benzene rings is 1. The molecule has 0 amide bonds. The fraction of sp³-hybridized carbons (Fsp3) is 0.308. The highest BCUT2D eigenvalue weighted by Gasteiger charge is 2.13. The molecule has 2 heteroatoms. The Hall–Kier alpha value is -1.41. The summed E-state index contributed by atoms with van der Waals surface area (Å²) >= 11 is 0. The molecule has 0 aliphatic heterocycles. The molecule has 0 saturated heterocycles. The molecule has 0 heterocycles. The van der Waals surface area contributed by atoms with Crippen molar-refractivity contribution in [3.8, 4) is 0 Å². The van der Waals surface area contributed by atoms with E-state index in [1.807, 2.05) is 37.3 Å². The van der Waals surface area contributed by atoms with Gasteiger partial charge in [-0.25, -0.2) is 0 Å². The van der Waals surface area contributed by atoms with E-state index in [2.05, 4.69) is 6.58 Å². The Kier molecular flexibility index (Phi) is 4.25. The smallest absolute Gasteiger partial charge is 0.153 e. The van der Waals surface area contributed by atoms with Crippen molar-refractivity contribution >= 4 is 5.78 Å². The quantitative estimate of drug-likeness (QED) is 0.745. The fourth-order valence-corrected chi connectivity index (χ4v) is 1.41. The Labute approximate surface area is 90.8 Å². The molecular weight excluding hydrogens is 186 g/mol. The van der Waals surface area contributed by atoms with Gasteiger partial charge in [0.15, 0.2) is 5.78 Å². The molecule has 0 fully saturated rings. The number of rotatable bonds is 5. The molecule has 0 bridgehead atoms. The first-order chi connectivity index (χ1) is 7.09. The topological polar surface area (TPSA) is 43.1 Å². The maximum Gasteiger partial charge on any atom is 0.153 e. The standard InChI is InChI=1S/C13H17NO/c1-10(2)8-13(15)12(14)9-11-6-4-3-5-7-11/h3-7,12H,1,8-9,14H2,2H3. The van der Waals surface area contributed by atoms with Crippen molar-refractivity contribution in [2.75, 3.05) is 0 Å². The number of hydrogen-bond donors (Lipinski definition) is 1. The Morgan fingerprint density at radius 2 is 2.00 bits per heavy atom. The van der Waals surface area contributed by atoms with E-state index in [1.54, 1.807) is 0 Å². The number of allylic oxidation sites excluding steroid dienone is 1. The Bertz CT molecular complexity index is 343. The van der Waals surface area contributed by atoms with Crippen molar-refractivity contribution in [3.05, 3.63) is 48.0 Å². The summed E-state index contributed by atoms with van der Waals surface area (Å²) in [7, 11) is 0. The van der Waals surface area contributed by atoms with Crippen molar-refractivity contribution in [3.63, 3.8) is 0 Å². The monoisotopic (exact) mass is 203 g/mol. The fourth-order valence-electron chi connectivity index (χ4n) is 1.41. The van der Waals surface area contributed by atoms with Crippen LogP contribution in [-0.4, -0.2) is 11.8 Å². The molecule has 2 N–H and O–H groups in total. The molecule has 1 rings (SSSR count). The van der Waals surface area contributed by atoms with Gasteiger partial charge in [0.25, 0.3) is 0 Å². The molecule has 15 heavy (non-hydrogen) atoms. The highest BCUT2D eigenvalue weighted by atomic mass is 16.1. The van der Waals surface area contributed by atoms with Crippen LogP contribution in [0.3, 0.4) is 0 Å². The van der Waals surface area contributed by atoms with Crippen molar-refractivity contribution in [1.29, 1.82) is 0 Å². The average molecular weight is 203 g/mol. The zero-order valence-electron chi connectivity index (χ0n) is 9.07. The zero-order chi connectivity index (χ0) is 11.3. The van der Waals surface area contributed by atoms with Gasteiger partial charge in [-0.05, 0) is 18.9 Å². The molecular formula is C13H17NO. The lowest BCUT2D eigenvalue weighted by atomic mass is 10.00. The maximum atomic E-state index is 11.6. The largest absolute Gasteiger partial charge is 0.321 e. The predicted octanol–water partition coefficient (Wildman–Crippen LogP) is 2.09. The summed E-state index contributed by atoms with van der Waals surface area (Å²) in [6.07, 6.45) is 0.987. The van der Waals surface area contributed by atoms with E-state index in [0.717, 1.165) is 11.1 Å². The molecule has 2 nitrogen and oxygen atoms in total. The van der Waals surface area contributed by atoms with Crippen LogP contribution in [0.5, 0.6) is 0 Å². The van der Waals surface area contributed by atoms with Crippen LogP contribution in [0.1, 0.15) is 18.9 Å². The lowest BCUT2D eigenvalue weighted by molar-refractivity contribution is -0.119. The predicted molar refractivity (Wildman–Crippen MR) is 62.6 cm³/mol. The van der Waals surface area contributed by atoms with Gasteiger partial charge in [-0.15, -0.1) is 0 Å². The minimum atomic E-state index is -0.413. The normalized spacial score (nSPS) is 12.1. The summed E-state index contributed by atoms with van der Waals surface area (Å²) in [5.74, 6) is 0.0614. The molecule has 0 radical (unpaired) electrons. The second-order valence-electron chi connectivity index (χ2n) is 3.90. The first kappa shape index (κ1) is 11.7. The van der Waals surface area contributed by atoms with Gasteiger partial charge in [0.1, 0.15) is 0 Å². The number of ketones is 1. The third-order valence-corrected chi connectivity index (χ3v) is 2.19. The molecule has 0 aliphatic rings. The Morgan fingerprint density at radius 1 is 1.40 bits per heavy atom. The van der Waals surface area contributed by atoms with Gasteiger partial charge in [-0.3, -0.25) is 4.79 Å². The first-order valence-corrected chi connectivity index (χ1v) is 5.06. The van der Waals surface area contributed by atoms with Crippen LogP contribution >= 0.6 is 0 Å². The Morgan fingerprint density at radius 3 is 2.53 bits per heavy atom. The summed E-state index contributed by atoms with van der Waals surface area (Å²) in [5.41, 5.74) is 7.77. The molecule has 0 aliphatic carbocycles. The average Bonchev–Trinajstić information content (AvgIpc) is 2.18. The van der Waals surface area contributed by atoms with Crippen LogP contribution in [0.4, 0.5) is 0 Å². The second kappa shape index (κ2) is 5.47. The molecule has 1 aromatic carbocycles. The molecule has 1 atom stereocenters.